The Hall–Kier alpha value is -4.05. The molecule has 1 amide bonds. The number of nitrogens with zero attached hydrogens (tertiary/aromatic N) is 2. The van der Waals surface area contributed by atoms with Crippen LogP contribution < -0.4 is 21.5 Å². The Morgan fingerprint density at radius 3 is 2.52 bits per heavy atom. The highest BCUT2D eigenvalue weighted by molar-refractivity contribution is 6.34. The summed E-state index contributed by atoms with van der Waals surface area (Å²) in [6.45, 7) is 0. The third-order valence-corrected chi connectivity index (χ3v) is 4.57. The lowest BCUT2D eigenvalue weighted by atomic mass is 10.1. The molecule has 0 aliphatic rings. The number of hydrogen-bond donors (Lipinski definition) is 3. The zero-order valence-corrected chi connectivity index (χ0v) is 17.6. The SMILES string of the molecule is NC=C(C(=O)Nc1ccc(Oc2ccnc(N)c2Cl)c(F)c1)C(=Nc1ccccc1)C(F)F. The minimum atomic E-state index is -3.09. The van der Waals surface area contributed by atoms with Gasteiger partial charge in [-0.25, -0.2) is 23.1 Å². The molecule has 0 fully saturated rings. The molecule has 3 rings (SSSR count). The number of nitrogens with one attached hydrogen (secondary N) is 1. The number of alkyl halides is 2. The zero-order chi connectivity index (χ0) is 24.0. The first-order valence-electron chi connectivity index (χ1n) is 9.33. The van der Waals surface area contributed by atoms with Crippen LogP contribution in [0.1, 0.15) is 0 Å². The number of benzene rings is 2. The van der Waals surface area contributed by atoms with Crippen LogP contribution in [0.3, 0.4) is 0 Å². The van der Waals surface area contributed by atoms with Crippen LogP contribution in [0, 0.1) is 5.82 Å². The second kappa shape index (κ2) is 10.5. The van der Waals surface area contributed by atoms with Crippen LogP contribution in [0.15, 0.2) is 77.6 Å². The van der Waals surface area contributed by atoms with Gasteiger partial charge >= 0.3 is 0 Å². The van der Waals surface area contributed by atoms with Crippen molar-refractivity contribution < 1.29 is 22.7 Å². The van der Waals surface area contributed by atoms with Gasteiger partial charge in [0.2, 0.25) is 0 Å². The number of aromatic nitrogens is 1. The molecule has 0 aliphatic carbocycles. The Bertz CT molecular complexity index is 1220. The average molecular weight is 476 g/mol. The lowest BCUT2D eigenvalue weighted by Gasteiger charge is -2.13. The topological polar surface area (TPSA) is 116 Å². The maximum atomic E-state index is 14.5. The monoisotopic (exact) mass is 475 g/mol. The van der Waals surface area contributed by atoms with Gasteiger partial charge in [-0.3, -0.25) is 4.79 Å². The highest BCUT2D eigenvalue weighted by Crippen LogP contribution is 2.34. The van der Waals surface area contributed by atoms with E-state index in [1.165, 1.54) is 36.5 Å². The molecule has 33 heavy (non-hydrogen) atoms. The molecule has 0 radical (unpaired) electrons. The van der Waals surface area contributed by atoms with Crippen molar-refractivity contribution in [1.82, 2.24) is 4.98 Å². The van der Waals surface area contributed by atoms with Crippen LogP contribution >= 0.6 is 11.6 Å². The molecule has 0 spiro atoms. The number of hydrogen-bond acceptors (Lipinski definition) is 6. The van der Waals surface area contributed by atoms with Gasteiger partial charge < -0.3 is 21.5 Å². The summed E-state index contributed by atoms with van der Waals surface area (Å²) >= 11 is 5.98. The average Bonchev–Trinajstić information content (AvgIpc) is 2.79. The number of rotatable bonds is 7. The smallest absolute Gasteiger partial charge is 0.281 e. The van der Waals surface area contributed by atoms with E-state index in [1.54, 1.807) is 18.2 Å². The summed E-state index contributed by atoms with van der Waals surface area (Å²) in [5.41, 5.74) is 9.80. The van der Waals surface area contributed by atoms with Crippen LogP contribution in [-0.2, 0) is 4.79 Å². The highest BCUT2D eigenvalue weighted by Gasteiger charge is 2.24. The molecule has 1 aromatic heterocycles. The number of para-hydroxylation sites is 1. The van der Waals surface area contributed by atoms with Crippen molar-refractivity contribution in [2.75, 3.05) is 11.1 Å². The lowest BCUT2D eigenvalue weighted by Crippen LogP contribution is -2.26. The fourth-order valence-electron chi connectivity index (χ4n) is 2.64. The van der Waals surface area contributed by atoms with E-state index in [1.807, 2.05) is 0 Å². The van der Waals surface area contributed by atoms with Crippen LogP contribution in [0.5, 0.6) is 11.5 Å². The number of halogens is 4. The van der Waals surface area contributed by atoms with E-state index < -0.39 is 29.4 Å². The van der Waals surface area contributed by atoms with E-state index in [2.05, 4.69) is 15.3 Å². The van der Waals surface area contributed by atoms with Crippen LogP contribution in [-0.4, -0.2) is 23.0 Å². The van der Waals surface area contributed by atoms with Crippen LogP contribution in [0.4, 0.5) is 30.4 Å². The number of anilines is 2. The number of pyridine rings is 1. The normalized spacial score (nSPS) is 12.0. The van der Waals surface area contributed by atoms with Crippen molar-refractivity contribution in [3.8, 4) is 11.5 Å². The first-order chi connectivity index (χ1) is 15.8. The predicted molar refractivity (Wildman–Crippen MR) is 121 cm³/mol. The van der Waals surface area contributed by atoms with E-state index in [0.717, 1.165) is 6.07 Å². The van der Waals surface area contributed by atoms with Crippen molar-refractivity contribution >= 4 is 40.4 Å². The van der Waals surface area contributed by atoms with Gasteiger partial charge in [-0.15, -0.1) is 0 Å². The number of nitrogens with two attached hydrogens (primary N) is 2. The fraction of sp³-hybridized carbons (Fsp3) is 0.0455. The van der Waals surface area contributed by atoms with E-state index in [9.17, 15) is 18.0 Å². The molecule has 5 N–H and O–H groups in total. The maximum absolute atomic E-state index is 14.5. The van der Waals surface area contributed by atoms with Crippen LogP contribution in [0.25, 0.3) is 0 Å². The minimum absolute atomic E-state index is 0.00392. The van der Waals surface area contributed by atoms with Crippen molar-refractivity contribution in [2.45, 2.75) is 6.43 Å². The number of carbonyl (C=O) groups excluding carboxylic acids is 1. The number of ether oxygens (including phenoxy) is 1. The molecule has 0 bridgehead atoms. The molecule has 0 aliphatic heterocycles. The van der Waals surface area contributed by atoms with Gasteiger partial charge in [0.05, 0.1) is 11.3 Å². The van der Waals surface area contributed by atoms with Gasteiger partial charge in [-0.05, 0) is 24.3 Å². The summed E-state index contributed by atoms with van der Waals surface area (Å²) in [5.74, 6) is -1.98. The molecule has 0 unspecified atom stereocenters. The summed E-state index contributed by atoms with van der Waals surface area (Å²) in [7, 11) is 0. The van der Waals surface area contributed by atoms with E-state index in [-0.39, 0.29) is 33.7 Å². The van der Waals surface area contributed by atoms with Gasteiger partial charge in [0.15, 0.2) is 17.3 Å². The number of carbonyl (C=O) groups is 1. The highest BCUT2D eigenvalue weighted by atomic mass is 35.5. The molecular weight excluding hydrogens is 459 g/mol. The van der Waals surface area contributed by atoms with Crippen molar-refractivity contribution in [1.29, 1.82) is 0 Å². The molecule has 0 saturated carbocycles. The Morgan fingerprint density at radius 2 is 1.88 bits per heavy atom. The molecule has 1 heterocycles. The predicted octanol–water partition coefficient (Wildman–Crippen LogP) is 5.07. The summed E-state index contributed by atoms with van der Waals surface area (Å²) in [5, 5.41) is 2.32. The Morgan fingerprint density at radius 1 is 1.15 bits per heavy atom. The second-order valence-corrected chi connectivity index (χ2v) is 6.80. The van der Waals surface area contributed by atoms with Crippen LogP contribution in [0.2, 0.25) is 5.02 Å². The largest absolute Gasteiger partial charge is 0.453 e. The summed E-state index contributed by atoms with van der Waals surface area (Å²) in [6.07, 6.45) is -1.04. The lowest BCUT2D eigenvalue weighted by molar-refractivity contribution is -0.112. The van der Waals surface area contributed by atoms with E-state index in [0.29, 0.717) is 6.20 Å². The summed E-state index contributed by atoms with van der Waals surface area (Å²) < 4.78 is 47.1. The first kappa shape index (κ1) is 23.6. The van der Waals surface area contributed by atoms with E-state index in [4.69, 9.17) is 27.8 Å². The third-order valence-electron chi connectivity index (χ3n) is 4.19. The molecular formula is C22H17ClF3N5O2. The summed E-state index contributed by atoms with van der Waals surface area (Å²) in [4.78, 5) is 20.2. The Labute approximate surface area is 191 Å². The van der Waals surface area contributed by atoms with Gasteiger partial charge in [0.1, 0.15) is 16.6 Å². The number of aliphatic imine (C=N–C) groups is 1. The van der Waals surface area contributed by atoms with Gasteiger partial charge in [0.25, 0.3) is 12.3 Å². The molecule has 2 aromatic carbocycles. The Balaban J connectivity index is 1.80. The molecule has 3 aromatic rings. The van der Waals surface area contributed by atoms with Gasteiger partial charge in [0, 0.05) is 30.2 Å². The van der Waals surface area contributed by atoms with Crippen molar-refractivity contribution in [3.63, 3.8) is 0 Å². The van der Waals surface area contributed by atoms with Crippen molar-refractivity contribution in [2.24, 2.45) is 10.7 Å². The first-order valence-corrected chi connectivity index (χ1v) is 9.70. The maximum Gasteiger partial charge on any atom is 0.281 e. The van der Waals surface area contributed by atoms with Crippen molar-refractivity contribution in [3.05, 3.63) is 83.4 Å². The fourth-order valence-corrected chi connectivity index (χ4v) is 2.79. The molecule has 11 heteroatoms. The summed E-state index contributed by atoms with van der Waals surface area (Å²) in [6, 6.07) is 12.7. The van der Waals surface area contributed by atoms with E-state index >= 15 is 0 Å². The zero-order valence-electron chi connectivity index (χ0n) is 16.8. The molecule has 0 saturated heterocycles. The third kappa shape index (κ3) is 5.80. The standard InChI is InChI=1S/C22H17ClF3N5O2/c23-18-17(8-9-29-21(18)28)33-16-7-6-13(10-15(16)24)31-22(32)14(11-27)19(20(25)26)30-12-4-2-1-3-5-12/h1-11,20H,27H2,(H2,28,29)(H,31,32). The molecule has 7 nitrogen and oxygen atoms in total. The van der Waals surface area contributed by atoms with Gasteiger partial charge in [-0.2, -0.15) is 0 Å². The molecule has 170 valence electrons. The number of amides is 1. The van der Waals surface area contributed by atoms with Gasteiger partial charge in [-0.1, -0.05) is 29.8 Å². The second-order valence-electron chi connectivity index (χ2n) is 6.42. The number of nitrogen functional groups attached to an aromatic ring is 1. The molecule has 0 atom stereocenters. The minimum Gasteiger partial charge on any atom is -0.453 e. The quantitative estimate of drug-likeness (QED) is 0.326. The Kier molecular flexibility index (Phi) is 7.52.